The number of fused-ring (bicyclic) bond motifs is 1. The van der Waals surface area contributed by atoms with Gasteiger partial charge in [0.05, 0.1) is 5.56 Å². The fourth-order valence-electron chi connectivity index (χ4n) is 3.63. The van der Waals surface area contributed by atoms with E-state index in [1.165, 1.54) is 12.1 Å². The molecule has 0 bridgehead atoms. The molecule has 0 N–H and O–H groups in total. The standard InChI is InChI=1S/C23H21FN2O2/c24-21-9-4-3-8-20(21)23(28)26-13-5-12-25(14-15-26)22(27)19-11-10-17-6-1-2-7-18(17)16-19/h1-4,6-11,16H,5,12-15H2. The van der Waals surface area contributed by atoms with Crippen molar-refractivity contribution in [1.82, 2.24) is 9.80 Å². The molecule has 1 heterocycles. The van der Waals surface area contributed by atoms with Crippen LogP contribution in [-0.4, -0.2) is 47.8 Å². The third-order valence-electron chi connectivity index (χ3n) is 5.17. The molecule has 0 saturated carbocycles. The predicted octanol–water partition coefficient (Wildman–Crippen LogP) is 3.97. The zero-order valence-electron chi connectivity index (χ0n) is 15.5. The minimum atomic E-state index is -0.513. The lowest BCUT2D eigenvalue weighted by atomic mass is 10.1. The van der Waals surface area contributed by atoms with Crippen molar-refractivity contribution in [3.05, 3.63) is 83.7 Å². The van der Waals surface area contributed by atoms with Crippen LogP contribution in [0.15, 0.2) is 66.7 Å². The van der Waals surface area contributed by atoms with Crippen LogP contribution in [0, 0.1) is 5.82 Å². The first-order chi connectivity index (χ1) is 13.6. The van der Waals surface area contributed by atoms with Gasteiger partial charge in [-0.15, -0.1) is 0 Å². The number of carbonyl (C=O) groups excluding carboxylic acids is 2. The third-order valence-corrected chi connectivity index (χ3v) is 5.17. The minimum absolute atomic E-state index is 0.0362. The maximum atomic E-state index is 13.9. The summed E-state index contributed by atoms with van der Waals surface area (Å²) in [5.74, 6) is -0.870. The molecule has 5 heteroatoms. The van der Waals surface area contributed by atoms with Crippen LogP contribution >= 0.6 is 0 Å². The predicted molar refractivity (Wildman–Crippen MR) is 107 cm³/mol. The van der Waals surface area contributed by atoms with Gasteiger partial charge in [-0.3, -0.25) is 9.59 Å². The molecular weight excluding hydrogens is 355 g/mol. The van der Waals surface area contributed by atoms with Crippen LogP contribution in [0.2, 0.25) is 0 Å². The molecular formula is C23H21FN2O2. The Morgan fingerprint density at radius 2 is 1.36 bits per heavy atom. The Kier molecular flexibility index (Phi) is 5.06. The average molecular weight is 376 g/mol. The van der Waals surface area contributed by atoms with Crippen molar-refractivity contribution in [2.24, 2.45) is 0 Å². The Labute approximate surface area is 163 Å². The molecule has 4 rings (SSSR count). The Bertz CT molecular complexity index is 1030. The summed E-state index contributed by atoms with van der Waals surface area (Å²) >= 11 is 0. The quantitative estimate of drug-likeness (QED) is 0.679. The highest BCUT2D eigenvalue weighted by atomic mass is 19.1. The van der Waals surface area contributed by atoms with Crippen molar-refractivity contribution in [3.8, 4) is 0 Å². The van der Waals surface area contributed by atoms with E-state index in [4.69, 9.17) is 0 Å². The van der Waals surface area contributed by atoms with Crippen LogP contribution < -0.4 is 0 Å². The zero-order valence-corrected chi connectivity index (χ0v) is 15.5. The SMILES string of the molecule is O=C(c1ccc2ccccc2c1)N1CCCN(C(=O)c2ccccc2F)CC1. The van der Waals surface area contributed by atoms with E-state index in [1.807, 2.05) is 42.5 Å². The number of hydrogen-bond acceptors (Lipinski definition) is 2. The van der Waals surface area contributed by atoms with Crippen molar-refractivity contribution in [1.29, 1.82) is 0 Å². The van der Waals surface area contributed by atoms with Gasteiger partial charge in [-0.1, -0.05) is 42.5 Å². The monoisotopic (exact) mass is 376 g/mol. The molecule has 3 aromatic rings. The maximum Gasteiger partial charge on any atom is 0.256 e. The van der Waals surface area contributed by atoms with E-state index in [0.717, 1.165) is 10.8 Å². The Balaban J connectivity index is 1.48. The molecule has 1 aliphatic rings. The summed E-state index contributed by atoms with van der Waals surface area (Å²) in [6.45, 7) is 1.92. The fraction of sp³-hybridized carbons (Fsp3) is 0.217. The van der Waals surface area contributed by atoms with Gasteiger partial charge in [0.25, 0.3) is 11.8 Å². The van der Waals surface area contributed by atoms with E-state index in [1.54, 1.807) is 21.9 Å². The van der Waals surface area contributed by atoms with Crippen LogP contribution in [-0.2, 0) is 0 Å². The molecule has 28 heavy (non-hydrogen) atoms. The number of rotatable bonds is 2. The molecule has 0 aromatic heterocycles. The number of hydrogen-bond donors (Lipinski definition) is 0. The largest absolute Gasteiger partial charge is 0.337 e. The molecule has 1 fully saturated rings. The van der Waals surface area contributed by atoms with Gasteiger partial charge < -0.3 is 9.80 Å². The highest BCUT2D eigenvalue weighted by Gasteiger charge is 2.24. The molecule has 1 aliphatic heterocycles. The molecule has 0 radical (unpaired) electrons. The van der Waals surface area contributed by atoms with Crippen LogP contribution in [0.1, 0.15) is 27.1 Å². The van der Waals surface area contributed by atoms with Crippen molar-refractivity contribution >= 4 is 22.6 Å². The van der Waals surface area contributed by atoms with Gasteiger partial charge in [0.2, 0.25) is 0 Å². The number of nitrogens with zero attached hydrogens (tertiary/aromatic N) is 2. The second-order valence-electron chi connectivity index (χ2n) is 6.98. The maximum absolute atomic E-state index is 13.9. The van der Waals surface area contributed by atoms with Crippen LogP contribution in [0.25, 0.3) is 10.8 Å². The van der Waals surface area contributed by atoms with Gasteiger partial charge in [-0.05, 0) is 41.5 Å². The summed E-state index contributed by atoms with van der Waals surface area (Å²) in [4.78, 5) is 29.0. The Hall–Kier alpha value is -3.21. The van der Waals surface area contributed by atoms with E-state index in [2.05, 4.69) is 0 Å². The summed E-state index contributed by atoms with van der Waals surface area (Å²) in [6, 6.07) is 19.7. The lowest BCUT2D eigenvalue weighted by molar-refractivity contribution is 0.0716. The first-order valence-corrected chi connectivity index (χ1v) is 9.45. The lowest BCUT2D eigenvalue weighted by Gasteiger charge is -2.22. The topological polar surface area (TPSA) is 40.6 Å². The van der Waals surface area contributed by atoms with Crippen molar-refractivity contribution in [2.45, 2.75) is 6.42 Å². The molecule has 4 nitrogen and oxygen atoms in total. The molecule has 1 saturated heterocycles. The van der Waals surface area contributed by atoms with Crippen LogP contribution in [0.4, 0.5) is 4.39 Å². The zero-order chi connectivity index (χ0) is 19.5. The van der Waals surface area contributed by atoms with Crippen molar-refractivity contribution < 1.29 is 14.0 Å². The van der Waals surface area contributed by atoms with E-state index >= 15 is 0 Å². The van der Waals surface area contributed by atoms with Crippen LogP contribution in [0.3, 0.4) is 0 Å². The second kappa shape index (κ2) is 7.80. The van der Waals surface area contributed by atoms with Gasteiger partial charge in [-0.2, -0.15) is 0 Å². The molecule has 0 unspecified atom stereocenters. The van der Waals surface area contributed by atoms with Gasteiger partial charge in [0, 0.05) is 31.7 Å². The highest BCUT2D eigenvalue weighted by molar-refractivity contribution is 5.99. The molecule has 0 aliphatic carbocycles. The van der Waals surface area contributed by atoms with E-state index in [9.17, 15) is 14.0 Å². The molecule has 2 amide bonds. The number of carbonyl (C=O) groups is 2. The van der Waals surface area contributed by atoms with E-state index in [0.29, 0.717) is 38.2 Å². The highest BCUT2D eigenvalue weighted by Crippen LogP contribution is 2.18. The Morgan fingerprint density at radius 1 is 0.714 bits per heavy atom. The summed E-state index contributed by atoms with van der Waals surface area (Å²) < 4.78 is 13.9. The first-order valence-electron chi connectivity index (χ1n) is 9.45. The minimum Gasteiger partial charge on any atom is -0.337 e. The Morgan fingerprint density at radius 3 is 2.11 bits per heavy atom. The molecule has 142 valence electrons. The fourth-order valence-corrected chi connectivity index (χ4v) is 3.63. The van der Waals surface area contributed by atoms with Gasteiger partial charge >= 0.3 is 0 Å². The van der Waals surface area contributed by atoms with Gasteiger partial charge in [-0.25, -0.2) is 4.39 Å². The summed E-state index contributed by atoms with van der Waals surface area (Å²) in [5, 5.41) is 2.12. The molecule has 0 spiro atoms. The van der Waals surface area contributed by atoms with E-state index < -0.39 is 5.82 Å². The van der Waals surface area contributed by atoms with Crippen molar-refractivity contribution in [2.75, 3.05) is 26.2 Å². The molecule has 3 aromatic carbocycles. The lowest BCUT2D eigenvalue weighted by Crippen LogP contribution is -2.37. The number of halogens is 1. The summed E-state index contributed by atoms with van der Waals surface area (Å²) in [7, 11) is 0. The van der Waals surface area contributed by atoms with Crippen LogP contribution in [0.5, 0.6) is 0 Å². The third kappa shape index (κ3) is 3.60. The first kappa shape index (κ1) is 18.2. The second-order valence-corrected chi connectivity index (χ2v) is 6.98. The van der Waals surface area contributed by atoms with Gasteiger partial charge in [0.15, 0.2) is 0 Å². The summed E-state index contributed by atoms with van der Waals surface area (Å²) in [6.07, 6.45) is 0.666. The molecule has 0 atom stereocenters. The average Bonchev–Trinajstić information content (AvgIpc) is 2.99. The number of amides is 2. The van der Waals surface area contributed by atoms with Gasteiger partial charge in [0.1, 0.15) is 5.82 Å². The smallest absolute Gasteiger partial charge is 0.256 e. The normalized spacial score (nSPS) is 14.8. The number of benzene rings is 3. The van der Waals surface area contributed by atoms with Crippen molar-refractivity contribution in [3.63, 3.8) is 0 Å². The summed E-state index contributed by atoms with van der Waals surface area (Å²) in [5.41, 5.74) is 0.726. The van der Waals surface area contributed by atoms with E-state index in [-0.39, 0.29) is 17.4 Å².